The molecule has 1 aliphatic rings. The average molecular weight is 383 g/mol. The summed E-state index contributed by atoms with van der Waals surface area (Å²) >= 11 is 6.01. The molecule has 136 valence electrons. The van der Waals surface area contributed by atoms with E-state index in [0.717, 1.165) is 6.07 Å². The zero-order valence-electron chi connectivity index (χ0n) is 13.4. The number of hydrogen-bond acceptors (Lipinski definition) is 3. The van der Waals surface area contributed by atoms with E-state index in [2.05, 4.69) is 4.98 Å². The predicted octanol–water partition coefficient (Wildman–Crippen LogP) is 4.06. The molecule has 0 spiro atoms. The number of benzene rings is 1. The minimum absolute atomic E-state index is 0.194. The molecule has 1 saturated heterocycles. The van der Waals surface area contributed by atoms with Gasteiger partial charge in [0.1, 0.15) is 11.7 Å². The Hall–Kier alpha value is -2.54. The molecule has 3 rings (SSSR count). The second-order valence-corrected chi connectivity index (χ2v) is 6.10. The smallest absolute Gasteiger partial charge is 0.421 e. The Kier molecular flexibility index (Phi) is 5.18. The summed E-state index contributed by atoms with van der Waals surface area (Å²) in [5, 5.41) is 0.524. The minimum atomic E-state index is -4.54. The molecule has 2 heterocycles. The third kappa shape index (κ3) is 4.16. The second kappa shape index (κ2) is 7.37. The lowest BCUT2D eigenvalue weighted by molar-refractivity contribution is -0.143. The molecule has 1 fully saturated rings. The highest BCUT2D eigenvalue weighted by atomic mass is 35.5. The molecule has 0 radical (unpaired) electrons. The summed E-state index contributed by atoms with van der Waals surface area (Å²) in [5.41, 5.74) is -0.220. The van der Waals surface area contributed by atoms with Crippen LogP contribution in [0, 0.1) is 0 Å². The van der Waals surface area contributed by atoms with Crippen molar-refractivity contribution in [1.82, 2.24) is 9.88 Å². The number of hydrogen-bond donors (Lipinski definition) is 0. The van der Waals surface area contributed by atoms with E-state index in [1.807, 2.05) is 0 Å². The summed E-state index contributed by atoms with van der Waals surface area (Å²) < 4.78 is 44.0. The van der Waals surface area contributed by atoms with Crippen molar-refractivity contribution >= 4 is 23.6 Å². The van der Waals surface area contributed by atoms with Crippen molar-refractivity contribution in [2.75, 3.05) is 13.1 Å². The van der Waals surface area contributed by atoms with Crippen molar-refractivity contribution in [3.8, 4) is 5.88 Å². The Morgan fingerprint density at radius 2 is 1.96 bits per heavy atom. The second-order valence-electron chi connectivity index (χ2n) is 5.69. The highest BCUT2D eigenvalue weighted by Crippen LogP contribution is 2.35. The topological polar surface area (TPSA) is 42.4 Å². The minimum Gasteiger partial charge on any atom is -0.470 e. The van der Waals surface area contributed by atoms with E-state index in [9.17, 15) is 18.0 Å². The van der Waals surface area contributed by atoms with Gasteiger partial charge in [-0.25, -0.2) is 4.98 Å². The van der Waals surface area contributed by atoms with Crippen LogP contribution in [0.2, 0.25) is 5.02 Å². The van der Waals surface area contributed by atoms with Crippen LogP contribution in [-0.2, 0) is 11.0 Å². The molecule has 2 aromatic rings. The van der Waals surface area contributed by atoms with Crippen molar-refractivity contribution in [2.45, 2.75) is 12.3 Å². The molecule has 0 unspecified atom stereocenters. The summed E-state index contributed by atoms with van der Waals surface area (Å²) in [5.74, 6) is -0.731. The Bertz CT molecular complexity index is 833. The van der Waals surface area contributed by atoms with Gasteiger partial charge in [-0.3, -0.25) is 4.79 Å². The van der Waals surface area contributed by atoms with Crippen LogP contribution in [0.1, 0.15) is 11.1 Å². The van der Waals surface area contributed by atoms with Gasteiger partial charge in [0.05, 0.1) is 13.1 Å². The highest BCUT2D eigenvalue weighted by Gasteiger charge is 2.38. The SMILES string of the molecule is O=C(/C=C/c1ccccc1Cl)N1CC(Oc2ncccc2C(F)(F)F)C1. The summed E-state index contributed by atoms with van der Waals surface area (Å²) in [6.07, 6.45) is -0.860. The maximum Gasteiger partial charge on any atom is 0.421 e. The Balaban J connectivity index is 1.57. The maximum atomic E-state index is 12.9. The maximum absolute atomic E-state index is 12.9. The molecule has 0 aliphatic carbocycles. The van der Waals surface area contributed by atoms with E-state index < -0.39 is 23.7 Å². The van der Waals surface area contributed by atoms with Crippen molar-refractivity contribution in [1.29, 1.82) is 0 Å². The van der Waals surface area contributed by atoms with Crippen molar-refractivity contribution in [2.24, 2.45) is 0 Å². The summed E-state index contributed by atoms with van der Waals surface area (Å²) in [6.45, 7) is 0.388. The van der Waals surface area contributed by atoms with Gasteiger partial charge in [0.2, 0.25) is 11.8 Å². The monoisotopic (exact) mass is 382 g/mol. The fraction of sp³-hybridized carbons (Fsp3) is 0.222. The normalized spacial score (nSPS) is 15.2. The van der Waals surface area contributed by atoms with Gasteiger partial charge in [0, 0.05) is 17.3 Å². The lowest BCUT2D eigenvalue weighted by Gasteiger charge is -2.38. The Morgan fingerprint density at radius 1 is 1.23 bits per heavy atom. The van der Waals surface area contributed by atoms with Crippen LogP contribution >= 0.6 is 11.6 Å². The van der Waals surface area contributed by atoms with E-state index in [1.54, 1.807) is 30.3 Å². The van der Waals surface area contributed by atoms with Crippen LogP contribution in [0.3, 0.4) is 0 Å². The fourth-order valence-electron chi connectivity index (χ4n) is 2.43. The fourth-order valence-corrected chi connectivity index (χ4v) is 2.63. The van der Waals surface area contributed by atoms with Gasteiger partial charge in [-0.05, 0) is 29.8 Å². The van der Waals surface area contributed by atoms with Gasteiger partial charge in [-0.15, -0.1) is 0 Å². The van der Waals surface area contributed by atoms with Gasteiger partial charge in [0.25, 0.3) is 0 Å². The number of amides is 1. The first-order valence-corrected chi connectivity index (χ1v) is 8.13. The van der Waals surface area contributed by atoms with E-state index in [4.69, 9.17) is 16.3 Å². The van der Waals surface area contributed by atoms with E-state index in [-0.39, 0.29) is 19.0 Å². The van der Waals surface area contributed by atoms with Crippen molar-refractivity contribution in [3.05, 3.63) is 64.8 Å². The van der Waals surface area contributed by atoms with Crippen LogP contribution in [0.15, 0.2) is 48.7 Å². The molecule has 0 N–H and O–H groups in total. The summed E-state index contributed by atoms with van der Waals surface area (Å²) in [6, 6.07) is 9.18. The number of ether oxygens (including phenoxy) is 1. The lowest BCUT2D eigenvalue weighted by Crippen LogP contribution is -2.55. The number of halogens is 4. The zero-order valence-corrected chi connectivity index (χ0v) is 14.2. The first-order chi connectivity index (χ1) is 12.3. The predicted molar refractivity (Wildman–Crippen MR) is 90.7 cm³/mol. The van der Waals surface area contributed by atoms with Gasteiger partial charge >= 0.3 is 6.18 Å². The van der Waals surface area contributed by atoms with E-state index in [1.165, 1.54) is 23.2 Å². The van der Waals surface area contributed by atoms with Crippen LogP contribution in [0.4, 0.5) is 13.2 Å². The third-order valence-electron chi connectivity index (χ3n) is 3.83. The van der Waals surface area contributed by atoms with Gasteiger partial charge in [0.15, 0.2) is 0 Å². The Morgan fingerprint density at radius 3 is 2.65 bits per heavy atom. The molecule has 1 aromatic heterocycles. The molecule has 4 nitrogen and oxygen atoms in total. The standard InChI is InChI=1S/C18H14ClF3N2O2/c19-15-6-2-1-4-12(15)7-8-16(25)24-10-13(11-24)26-17-14(18(20,21)22)5-3-9-23-17/h1-9,13H,10-11H2/b8-7+. The summed E-state index contributed by atoms with van der Waals surface area (Å²) in [4.78, 5) is 17.2. The number of aromatic nitrogens is 1. The molecule has 1 aromatic carbocycles. The van der Waals surface area contributed by atoms with E-state index >= 15 is 0 Å². The zero-order chi connectivity index (χ0) is 18.7. The number of pyridine rings is 1. The lowest BCUT2D eigenvalue weighted by atomic mass is 10.1. The third-order valence-corrected chi connectivity index (χ3v) is 4.17. The van der Waals surface area contributed by atoms with Crippen LogP contribution in [-0.4, -0.2) is 35.0 Å². The summed E-state index contributed by atoms with van der Waals surface area (Å²) in [7, 11) is 0. The first kappa shape index (κ1) is 18.3. The van der Waals surface area contributed by atoms with Crippen molar-refractivity contribution in [3.63, 3.8) is 0 Å². The number of carbonyl (C=O) groups excluding carboxylic acids is 1. The number of likely N-dealkylation sites (tertiary alicyclic amines) is 1. The molecule has 8 heteroatoms. The van der Waals surface area contributed by atoms with Crippen LogP contribution < -0.4 is 4.74 Å². The molecule has 0 saturated carbocycles. The van der Waals surface area contributed by atoms with Crippen LogP contribution in [0.5, 0.6) is 5.88 Å². The molecule has 1 aliphatic heterocycles. The van der Waals surface area contributed by atoms with Crippen LogP contribution in [0.25, 0.3) is 6.08 Å². The van der Waals surface area contributed by atoms with Gasteiger partial charge < -0.3 is 9.64 Å². The molecule has 26 heavy (non-hydrogen) atoms. The molecule has 0 atom stereocenters. The number of carbonyl (C=O) groups is 1. The van der Waals surface area contributed by atoms with Gasteiger partial charge in [-0.1, -0.05) is 29.8 Å². The highest BCUT2D eigenvalue weighted by molar-refractivity contribution is 6.32. The largest absolute Gasteiger partial charge is 0.470 e. The Labute approximate surface area is 152 Å². The first-order valence-electron chi connectivity index (χ1n) is 7.75. The van der Waals surface area contributed by atoms with Crippen molar-refractivity contribution < 1.29 is 22.7 Å². The molecule has 1 amide bonds. The number of nitrogens with zero attached hydrogens (tertiary/aromatic N) is 2. The quantitative estimate of drug-likeness (QED) is 0.749. The molecular formula is C18H14ClF3N2O2. The molecular weight excluding hydrogens is 369 g/mol. The van der Waals surface area contributed by atoms with Gasteiger partial charge in [-0.2, -0.15) is 13.2 Å². The number of rotatable bonds is 4. The number of alkyl halides is 3. The van der Waals surface area contributed by atoms with E-state index in [0.29, 0.717) is 10.6 Å². The molecule has 0 bridgehead atoms. The average Bonchev–Trinajstić information content (AvgIpc) is 2.56.